The fourth-order valence-corrected chi connectivity index (χ4v) is 3.90. The summed E-state index contributed by atoms with van der Waals surface area (Å²) in [6, 6.07) is 9.43. The summed E-state index contributed by atoms with van der Waals surface area (Å²) in [5.74, 6) is -0.262. The standard InChI is InChI=1S/C20H29N3O2/c1-14(2)20(25)21-12-19(24)22-17-8-5-9-23(13-17)18-10-15-6-3-4-7-16(15)11-18/h3-4,6-7,14,17-18H,5,8-13H2,1-2H3,(H,21,25)(H,22,24). The molecule has 136 valence electrons. The Hall–Kier alpha value is -1.88. The van der Waals surface area contributed by atoms with Crippen molar-refractivity contribution in [3.05, 3.63) is 35.4 Å². The molecule has 2 N–H and O–H groups in total. The minimum Gasteiger partial charge on any atom is -0.351 e. The molecular formula is C20H29N3O2. The van der Waals surface area contributed by atoms with Gasteiger partial charge in [-0.1, -0.05) is 38.1 Å². The molecule has 1 atom stereocenters. The lowest BCUT2D eigenvalue weighted by Gasteiger charge is -2.37. The summed E-state index contributed by atoms with van der Waals surface area (Å²) >= 11 is 0. The summed E-state index contributed by atoms with van der Waals surface area (Å²) in [7, 11) is 0. The highest BCUT2D eigenvalue weighted by Gasteiger charge is 2.30. The topological polar surface area (TPSA) is 61.4 Å². The van der Waals surface area contributed by atoms with Gasteiger partial charge in [0.15, 0.2) is 0 Å². The van der Waals surface area contributed by atoms with Crippen LogP contribution in [0.1, 0.15) is 37.8 Å². The third-order valence-electron chi connectivity index (χ3n) is 5.31. The van der Waals surface area contributed by atoms with Crippen LogP contribution in [0, 0.1) is 5.92 Å². The quantitative estimate of drug-likeness (QED) is 0.852. The molecule has 1 fully saturated rings. The van der Waals surface area contributed by atoms with Crippen molar-refractivity contribution in [2.45, 2.75) is 51.6 Å². The van der Waals surface area contributed by atoms with Crippen LogP contribution in [0.15, 0.2) is 24.3 Å². The number of amides is 2. The number of carbonyl (C=O) groups excluding carboxylic acids is 2. The third kappa shape index (κ3) is 4.60. The summed E-state index contributed by atoms with van der Waals surface area (Å²) in [4.78, 5) is 26.2. The van der Waals surface area contributed by atoms with E-state index < -0.39 is 0 Å². The Bertz CT molecular complexity index is 604. The number of piperidine rings is 1. The number of fused-ring (bicyclic) bond motifs is 1. The lowest BCUT2D eigenvalue weighted by Crippen LogP contribution is -2.52. The molecule has 1 heterocycles. The first-order valence-electron chi connectivity index (χ1n) is 9.41. The highest BCUT2D eigenvalue weighted by molar-refractivity contribution is 5.85. The van der Waals surface area contributed by atoms with Gasteiger partial charge in [-0.15, -0.1) is 0 Å². The van der Waals surface area contributed by atoms with Gasteiger partial charge in [0.2, 0.25) is 11.8 Å². The summed E-state index contributed by atoms with van der Waals surface area (Å²) in [6.45, 7) is 5.73. The van der Waals surface area contributed by atoms with Crippen molar-refractivity contribution in [3.8, 4) is 0 Å². The van der Waals surface area contributed by atoms with Gasteiger partial charge in [-0.3, -0.25) is 14.5 Å². The van der Waals surface area contributed by atoms with Crippen molar-refractivity contribution < 1.29 is 9.59 Å². The van der Waals surface area contributed by atoms with Crippen molar-refractivity contribution in [3.63, 3.8) is 0 Å². The molecule has 1 aromatic rings. The zero-order chi connectivity index (χ0) is 17.8. The second-order valence-corrected chi connectivity index (χ2v) is 7.60. The van der Waals surface area contributed by atoms with Crippen LogP contribution in [0.2, 0.25) is 0 Å². The number of nitrogens with zero attached hydrogens (tertiary/aromatic N) is 1. The van der Waals surface area contributed by atoms with Gasteiger partial charge in [-0.25, -0.2) is 0 Å². The maximum absolute atomic E-state index is 12.1. The summed E-state index contributed by atoms with van der Waals surface area (Å²) in [5.41, 5.74) is 2.94. The molecule has 3 rings (SSSR count). The fourth-order valence-electron chi connectivity index (χ4n) is 3.90. The van der Waals surface area contributed by atoms with Gasteiger partial charge in [0, 0.05) is 24.5 Å². The van der Waals surface area contributed by atoms with Crippen molar-refractivity contribution in [1.82, 2.24) is 15.5 Å². The highest BCUT2D eigenvalue weighted by Crippen LogP contribution is 2.27. The molecular weight excluding hydrogens is 314 g/mol. The van der Waals surface area contributed by atoms with E-state index in [1.807, 2.05) is 13.8 Å². The fraction of sp³-hybridized carbons (Fsp3) is 0.600. The average Bonchev–Trinajstić information content (AvgIpc) is 3.04. The molecule has 25 heavy (non-hydrogen) atoms. The van der Waals surface area contributed by atoms with Gasteiger partial charge in [0.1, 0.15) is 0 Å². The van der Waals surface area contributed by atoms with E-state index in [0.29, 0.717) is 6.04 Å². The van der Waals surface area contributed by atoms with Crippen molar-refractivity contribution in [2.75, 3.05) is 19.6 Å². The first-order valence-corrected chi connectivity index (χ1v) is 9.41. The minimum atomic E-state index is -0.0954. The first-order chi connectivity index (χ1) is 12.0. The largest absolute Gasteiger partial charge is 0.351 e. The smallest absolute Gasteiger partial charge is 0.239 e. The van der Waals surface area contributed by atoms with Gasteiger partial charge in [0.05, 0.1) is 6.54 Å². The summed E-state index contributed by atoms with van der Waals surface area (Å²) in [5, 5.41) is 5.78. The van der Waals surface area contributed by atoms with E-state index in [-0.39, 0.29) is 30.3 Å². The molecule has 0 bridgehead atoms. The predicted molar refractivity (Wildman–Crippen MR) is 98.2 cm³/mol. The molecule has 5 nitrogen and oxygen atoms in total. The molecule has 2 amide bonds. The number of carbonyl (C=O) groups is 2. The van der Waals surface area contributed by atoms with E-state index in [1.54, 1.807) is 0 Å². The van der Waals surface area contributed by atoms with Gasteiger partial charge < -0.3 is 10.6 Å². The lowest BCUT2D eigenvalue weighted by atomic mass is 10.0. The van der Waals surface area contributed by atoms with Gasteiger partial charge >= 0.3 is 0 Å². The maximum Gasteiger partial charge on any atom is 0.239 e. The number of hydrogen-bond donors (Lipinski definition) is 2. The van der Waals surface area contributed by atoms with Crippen LogP contribution in [0.25, 0.3) is 0 Å². The van der Waals surface area contributed by atoms with Gasteiger partial charge in [-0.05, 0) is 43.4 Å². The minimum absolute atomic E-state index is 0.0718. The molecule has 5 heteroatoms. The zero-order valence-corrected chi connectivity index (χ0v) is 15.3. The maximum atomic E-state index is 12.1. The molecule has 1 unspecified atom stereocenters. The van der Waals surface area contributed by atoms with Crippen LogP contribution in [0.5, 0.6) is 0 Å². The Kier molecular flexibility index (Phi) is 5.74. The van der Waals surface area contributed by atoms with Crippen LogP contribution in [-0.4, -0.2) is 48.4 Å². The third-order valence-corrected chi connectivity index (χ3v) is 5.31. The molecule has 0 saturated carbocycles. The van der Waals surface area contributed by atoms with E-state index in [9.17, 15) is 9.59 Å². The van der Waals surface area contributed by atoms with Crippen molar-refractivity contribution >= 4 is 11.8 Å². The molecule has 1 aliphatic heterocycles. The van der Waals surface area contributed by atoms with Crippen LogP contribution < -0.4 is 10.6 Å². The van der Waals surface area contributed by atoms with Crippen LogP contribution in [-0.2, 0) is 22.4 Å². The molecule has 1 saturated heterocycles. The predicted octanol–water partition coefficient (Wildman–Crippen LogP) is 1.51. The number of nitrogens with one attached hydrogen (secondary N) is 2. The van der Waals surface area contributed by atoms with E-state index in [2.05, 4.69) is 39.8 Å². The second kappa shape index (κ2) is 8.00. The monoisotopic (exact) mass is 343 g/mol. The van der Waals surface area contributed by atoms with Gasteiger partial charge in [0.25, 0.3) is 0 Å². The summed E-state index contributed by atoms with van der Waals surface area (Å²) < 4.78 is 0. The first kappa shape index (κ1) is 17.9. The van der Waals surface area contributed by atoms with E-state index in [0.717, 1.165) is 38.8 Å². The van der Waals surface area contributed by atoms with Crippen molar-refractivity contribution in [2.24, 2.45) is 5.92 Å². The number of benzene rings is 1. The number of likely N-dealkylation sites (tertiary alicyclic amines) is 1. The number of rotatable bonds is 5. The summed E-state index contributed by atoms with van der Waals surface area (Å²) in [6.07, 6.45) is 4.35. The Morgan fingerprint density at radius 3 is 2.52 bits per heavy atom. The Balaban J connectivity index is 1.47. The Morgan fingerprint density at radius 1 is 1.20 bits per heavy atom. The van der Waals surface area contributed by atoms with E-state index in [4.69, 9.17) is 0 Å². The SMILES string of the molecule is CC(C)C(=O)NCC(=O)NC1CCCN(C2Cc3ccccc3C2)C1. The molecule has 1 aromatic carbocycles. The van der Waals surface area contributed by atoms with E-state index in [1.165, 1.54) is 11.1 Å². The van der Waals surface area contributed by atoms with Crippen LogP contribution in [0.4, 0.5) is 0 Å². The highest BCUT2D eigenvalue weighted by atomic mass is 16.2. The van der Waals surface area contributed by atoms with E-state index >= 15 is 0 Å². The Labute approximate surface area is 150 Å². The molecule has 0 aromatic heterocycles. The van der Waals surface area contributed by atoms with Crippen LogP contribution in [0.3, 0.4) is 0 Å². The van der Waals surface area contributed by atoms with Crippen LogP contribution >= 0.6 is 0 Å². The van der Waals surface area contributed by atoms with Gasteiger partial charge in [-0.2, -0.15) is 0 Å². The molecule has 2 aliphatic rings. The molecule has 0 radical (unpaired) electrons. The molecule has 0 spiro atoms. The normalized spacial score (nSPS) is 21.2. The number of hydrogen-bond acceptors (Lipinski definition) is 3. The average molecular weight is 343 g/mol. The molecule has 1 aliphatic carbocycles. The lowest BCUT2D eigenvalue weighted by molar-refractivity contribution is -0.128. The second-order valence-electron chi connectivity index (χ2n) is 7.60. The zero-order valence-electron chi connectivity index (χ0n) is 15.3. The van der Waals surface area contributed by atoms with Crippen molar-refractivity contribution in [1.29, 1.82) is 0 Å². The Morgan fingerprint density at radius 2 is 1.88 bits per heavy atom.